The highest BCUT2D eigenvalue weighted by Crippen LogP contribution is 2.31. The molecule has 0 aliphatic carbocycles. The maximum absolute atomic E-state index is 12.2. The molecule has 0 aliphatic rings. The van der Waals surface area contributed by atoms with Crippen LogP contribution in [-0.4, -0.2) is 23.2 Å². The summed E-state index contributed by atoms with van der Waals surface area (Å²) >= 11 is 0. The number of hydrogen-bond acceptors (Lipinski definition) is 4. The first-order valence-corrected chi connectivity index (χ1v) is 6.00. The van der Waals surface area contributed by atoms with E-state index in [1.807, 2.05) is 0 Å². The van der Waals surface area contributed by atoms with E-state index < -0.39 is 5.91 Å². The molecule has 0 fully saturated rings. The molecule has 1 amide bonds. The molecule has 5 heteroatoms. The Labute approximate surface area is 116 Å². The van der Waals surface area contributed by atoms with Crippen LogP contribution in [-0.2, 0) is 0 Å². The molecule has 2 rings (SSSR count). The van der Waals surface area contributed by atoms with Crippen LogP contribution in [0.25, 0.3) is 0 Å². The molecule has 0 unspecified atom stereocenters. The van der Waals surface area contributed by atoms with Gasteiger partial charge in [0.2, 0.25) is 0 Å². The van der Waals surface area contributed by atoms with Gasteiger partial charge in [-0.15, -0.1) is 0 Å². The maximum Gasteiger partial charge on any atom is 0.259 e. The summed E-state index contributed by atoms with van der Waals surface area (Å²) in [4.78, 5) is 12.2. The minimum atomic E-state index is -0.477. The maximum atomic E-state index is 12.2. The van der Waals surface area contributed by atoms with Crippen molar-refractivity contribution in [3.05, 3.63) is 47.5 Å². The number of amides is 1. The van der Waals surface area contributed by atoms with Crippen LogP contribution in [0.3, 0.4) is 0 Å². The van der Waals surface area contributed by atoms with E-state index >= 15 is 0 Å². The highest BCUT2D eigenvalue weighted by atomic mass is 16.5. The number of para-hydroxylation sites is 1. The van der Waals surface area contributed by atoms with Gasteiger partial charge in [-0.1, -0.05) is 12.1 Å². The number of ether oxygens (including phenoxy) is 1. The zero-order valence-corrected chi connectivity index (χ0v) is 11.2. The molecule has 2 aromatic rings. The predicted molar refractivity (Wildman–Crippen MR) is 75.5 cm³/mol. The van der Waals surface area contributed by atoms with Crippen LogP contribution >= 0.6 is 0 Å². The lowest BCUT2D eigenvalue weighted by Gasteiger charge is -2.11. The summed E-state index contributed by atoms with van der Waals surface area (Å²) < 4.78 is 4.96. The van der Waals surface area contributed by atoms with Crippen molar-refractivity contribution in [3.8, 4) is 17.2 Å². The van der Waals surface area contributed by atoms with Crippen molar-refractivity contribution < 1.29 is 19.7 Å². The highest BCUT2D eigenvalue weighted by Gasteiger charge is 2.16. The number of nitrogens with one attached hydrogen (secondary N) is 1. The van der Waals surface area contributed by atoms with Gasteiger partial charge in [0.25, 0.3) is 5.91 Å². The molecule has 3 N–H and O–H groups in total. The summed E-state index contributed by atoms with van der Waals surface area (Å²) in [5.41, 5.74) is 1.15. The number of aromatic hydroxyl groups is 2. The largest absolute Gasteiger partial charge is 0.508 e. The first-order chi connectivity index (χ1) is 9.54. The molecule has 0 aliphatic heterocycles. The summed E-state index contributed by atoms with van der Waals surface area (Å²) in [6.07, 6.45) is 0. The Hall–Kier alpha value is -2.69. The first-order valence-electron chi connectivity index (χ1n) is 6.00. The van der Waals surface area contributed by atoms with Crippen LogP contribution in [0.15, 0.2) is 36.4 Å². The van der Waals surface area contributed by atoms with Crippen LogP contribution in [0.4, 0.5) is 5.69 Å². The van der Waals surface area contributed by atoms with Gasteiger partial charge < -0.3 is 20.3 Å². The number of carbonyl (C=O) groups is 1. The summed E-state index contributed by atoms with van der Waals surface area (Å²) in [6.45, 7) is 1.69. The Morgan fingerprint density at radius 3 is 2.55 bits per heavy atom. The second-order valence-corrected chi connectivity index (χ2v) is 4.26. The lowest BCUT2D eigenvalue weighted by Crippen LogP contribution is -2.13. The molecule has 0 radical (unpaired) electrons. The topological polar surface area (TPSA) is 78.8 Å². The van der Waals surface area contributed by atoms with E-state index in [4.69, 9.17) is 4.74 Å². The van der Waals surface area contributed by atoms with Crippen molar-refractivity contribution in [3.63, 3.8) is 0 Å². The van der Waals surface area contributed by atoms with Crippen molar-refractivity contribution in [2.75, 3.05) is 12.4 Å². The normalized spacial score (nSPS) is 10.1. The van der Waals surface area contributed by atoms with Gasteiger partial charge in [-0.2, -0.15) is 0 Å². The molecule has 0 atom stereocenters. The Kier molecular flexibility index (Phi) is 3.79. The van der Waals surface area contributed by atoms with Crippen LogP contribution in [0.2, 0.25) is 0 Å². The fourth-order valence-corrected chi connectivity index (χ4v) is 1.82. The minimum Gasteiger partial charge on any atom is -0.508 e. The molecule has 0 saturated carbocycles. The second kappa shape index (κ2) is 5.52. The van der Waals surface area contributed by atoms with Gasteiger partial charge in [-0.25, -0.2) is 0 Å². The fraction of sp³-hybridized carbons (Fsp3) is 0.133. The summed E-state index contributed by atoms with van der Waals surface area (Å²) in [5, 5.41) is 22.2. The summed E-state index contributed by atoms with van der Waals surface area (Å²) in [5.74, 6) is -0.372. The quantitative estimate of drug-likeness (QED) is 0.803. The van der Waals surface area contributed by atoms with Crippen LogP contribution in [0.5, 0.6) is 17.2 Å². The fourth-order valence-electron chi connectivity index (χ4n) is 1.82. The molecule has 2 aromatic carbocycles. The van der Waals surface area contributed by atoms with Crippen molar-refractivity contribution in [1.29, 1.82) is 0 Å². The summed E-state index contributed by atoms with van der Waals surface area (Å²) in [7, 11) is 1.41. The number of carbonyl (C=O) groups excluding carboxylic acids is 1. The zero-order chi connectivity index (χ0) is 14.7. The van der Waals surface area contributed by atoms with E-state index in [1.165, 1.54) is 19.2 Å². The van der Waals surface area contributed by atoms with Gasteiger partial charge in [-0.3, -0.25) is 4.79 Å². The number of benzene rings is 2. The number of hydrogen-bond donors (Lipinski definition) is 3. The molecule has 0 bridgehead atoms. The minimum absolute atomic E-state index is 0.0951. The Bertz CT molecular complexity index is 652. The molecule has 0 aromatic heterocycles. The molecule has 0 spiro atoms. The van der Waals surface area contributed by atoms with E-state index in [9.17, 15) is 15.0 Å². The second-order valence-electron chi connectivity index (χ2n) is 4.26. The van der Waals surface area contributed by atoms with Crippen molar-refractivity contribution in [1.82, 2.24) is 0 Å². The van der Waals surface area contributed by atoms with Gasteiger partial charge >= 0.3 is 0 Å². The van der Waals surface area contributed by atoms with Crippen molar-refractivity contribution in [2.45, 2.75) is 6.92 Å². The lowest BCUT2D eigenvalue weighted by atomic mass is 10.1. The standard InChI is InChI=1S/C15H15NO4/c1-9-11(6-4-7-12(9)17)16-15(19)10-5-3-8-13(20-2)14(10)18/h3-8,17-18H,1-2H3,(H,16,19). The predicted octanol–water partition coefficient (Wildman–Crippen LogP) is 2.67. The molecule has 5 nitrogen and oxygen atoms in total. The van der Waals surface area contributed by atoms with Crippen LogP contribution in [0.1, 0.15) is 15.9 Å². The first kappa shape index (κ1) is 13.7. The van der Waals surface area contributed by atoms with Gasteiger partial charge in [-0.05, 0) is 31.2 Å². The Balaban J connectivity index is 2.31. The van der Waals surface area contributed by atoms with Crippen molar-refractivity contribution in [2.24, 2.45) is 0 Å². The van der Waals surface area contributed by atoms with Gasteiger partial charge in [0.1, 0.15) is 5.75 Å². The smallest absolute Gasteiger partial charge is 0.259 e. The van der Waals surface area contributed by atoms with Gasteiger partial charge in [0.05, 0.1) is 12.7 Å². The molecule has 0 saturated heterocycles. The van der Waals surface area contributed by atoms with E-state index in [1.54, 1.807) is 31.2 Å². The number of methoxy groups -OCH3 is 1. The molecule has 0 heterocycles. The van der Waals surface area contributed by atoms with Gasteiger partial charge in [0, 0.05) is 11.3 Å². The molecular formula is C15H15NO4. The van der Waals surface area contributed by atoms with E-state index in [2.05, 4.69) is 5.32 Å². The third-order valence-corrected chi connectivity index (χ3v) is 3.02. The van der Waals surface area contributed by atoms with Crippen LogP contribution < -0.4 is 10.1 Å². The lowest BCUT2D eigenvalue weighted by molar-refractivity contribution is 0.102. The molecular weight excluding hydrogens is 258 g/mol. The number of rotatable bonds is 3. The third kappa shape index (κ3) is 2.51. The van der Waals surface area contributed by atoms with E-state index in [0.717, 1.165) is 0 Å². The molecule has 20 heavy (non-hydrogen) atoms. The SMILES string of the molecule is COc1cccc(C(=O)Nc2cccc(O)c2C)c1O. The zero-order valence-electron chi connectivity index (χ0n) is 11.2. The number of phenolic OH excluding ortho intramolecular Hbond substituents is 2. The Morgan fingerprint density at radius 2 is 1.85 bits per heavy atom. The monoisotopic (exact) mass is 273 g/mol. The van der Waals surface area contributed by atoms with Gasteiger partial charge in [0.15, 0.2) is 11.5 Å². The van der Waals surface area contributed by atoms with E-state index in [-0.39, 0.29) is 22.8 Å². The molecule has 104 valence electrons. The highest BCUT2D eigenvalue weighted by molar-refractivity contribution is 6.07. The van der Waals surface area contributed by atoms with Crippen molar-refractivity contribution >= 4 is 11.6 Å². The van der Waals surface area contributed by atoms with E-state index in [0.29, 0.717) is 11.3 Å². The number of anilines is 1. The van der Waals surface area contributed by atoms with Crippen LogP contribution in [0, 0.1) is 6.92 Å². The summed E-state index contributed by atoms with van der Waals surface area (Å²) in [6, 6.07) is 9.50. The third-order valence-electron chi connectivity index (χ3n) is 3.02. The number of phenols is 2. The average Bonchev–Trinajstić information content (AvgIpc) is 2.44. The average molecular weight is 273 g/mol. The Morgan fingerprint density at radius 1 is 1.15 bits per heavy atom.